The molecule has 1 heterocycles. The summed E-state index contributed by atoms with van der Waals surface area (Å²) < 4.78 is 0.723. The summed E-state index contributed by atoms with van der Waals surface area (Å²) in [5, 5.41) is 3.85. The number of amides is 1. The van der Waals surface area contributed by atoms with E-state index in [-0.39, 0.29) is 11.9 Å². The summed E-state index contributed by atoms with van der Waals surface area (Å²) in [6, 6.07) is 3.80. The van der Waals surface area contributed by atoms with Crippen LogP contribution in [0, 0.1) is 0 Å². The van der Waals surface area contributed by atoms with Gasteiger partial charge in [0, 0.05) is 22.0 Å². The minimum Gasteiger partial charge on any atom is -0.348 e. The van der Waals surface area contributed by atoms with Crippen molar-refractivity contribution in [3.05, 3.63) is 28.5 Å². The van der Waals surface area contributed by atoms with Crippen molar-refractivity contribution in [3.63, 3.8) is 0 Å². The number of aromatic nitrogens is 1. The molecule has 1 aromatic heterocycles. The largest absolute Gasteiger partial charge is 0.348 e. The number of nitrogens with zero attached hydrogens (tertiary/aromatic N) is 1. The maximum Gasteiger partial charge on any atom is 0.271 e. The molecular formula is C11H14Br2N2O. The molecule has 1 aromatic rings. The fourth-order valence-electron chi connectivity index (χ4n) is 1.32. The zero-order chi connectivity index (χ0) is 12.0. The van der Waals surface area contributed by atoms with Gasteiger partial charge in [0.05, 0.1) is 0 Å². The van der Waals surface area contributed by atoms with Gasteiger partial charge in [-0.1, -0.05) is 22.9 Å². The van der Waals surface area contributed by atoms with Gasteiger partial charge in [-0.15, -0.1) is 0 Å². The Kier molecular flexibility index (Phi) is 5.98. The number of hydrogen-bond acceptors (Lipinski definition) is 2. The molecule has 1 amide bonds. The molecule has 0 radical (unpaired) electrons. The summed E-state index contributed by atoms with van der Waals surface area (Å²) in [4.78, 5) is 15.9. The molecule has 88 valence electrons. The number of rotatable bonds is 5. The van der Waals surface area contributed by atoms with Gasteiger partial charge >= 0.3 is 0 Å². The first-order valence-electron chi connectivity index (χ1n) is 5.16. The van der Waals surface area contributed by atoms with Gasteiger partial charge in [0.25, 0.3) is 5.91 Å². The molecule has 1 N–H and O–H groups in total. The highest BCUT2D eigenvalue weighted by Gasteiger charge is 2.14. The van der Waals surface area contributed by atoms with Gasteiger partial charge in [0.2, 0.25) is 0 Å². The van der Waals surface area contributed by atoms with Gasteiger partial charge in [-0.05, 0) is 40.9 Å². The van der Waals surface area contributed by atoms with Crippen LogP contribution < -0.4 is 5.32 Å². The molecular weight excluding hydrogens is 336 g/mol. The highest BCUT2D eigenvalue weighted by atomic mass is 79.9. The Balaban J connectivity index is 2.68. The van der Waals surface area contributed by atoms with E-state index in [1.54, 1.807) is 12.3 Å². The zero-order valence-electron chi connectivity index (χ0n) is 9.04. The molecule has 0 fully saturated rings. The summed E-state index contributed by atoms with van der Waals surface area (Å²) >= 11 is 6.69. The third kappa shape index (κ3) is 3.87. The van der Waals surface area contributed by atoms with E-state index in [1.807, 2.05) is 6.07 Å². The molecule has 0 saturated carbocycles. The first kappa shape index (κ1) is 13.6. The number of pyridine rings is 1. The van der Waals surface area contributed by atoms with Crippen LogP contribution in [0.2, 0.25) is 0 Å². The maximum absolute atomic E-state index is 11.9. The second-order valence-corrected chi connectivity index (χ2v) is 5.04. The second-order valence-electron chi connectivity index (χ2n) is 3.39. The van der Waals surface area contributed by atoms with Crippen molar-refractivity contribution in [2.75, 3.05) is 5.33 Å². The monoisotopic (exact) mass is 348 g/mol. The molecule has 0 spiro atoms. The van der Waals surface area contributed by atoms with Crippen molar-refractivity contribution < 1.29 is 4.79 Å². The fourth-order valence-corrected chi connectivity index (χ4v) is 2.30. The highest BCUT2D eigenvalue weighted by Crippen LogP contribution is 2.13. The Labute approximate surface area is 112 Å². The van der Waals surface area contributed by atoms with E-state index in [4.69, 9.17) is 0 Å². The standard InChI is InChI=1S/C11H14Br2N2O/c1-2-8(5-6-12)15-11(16)10-9(13)4-3-7-14-10/h3-4,7-8H,2,5-6H2,1H3,(H,15,16). The Morgan fingerprint density at radius 1 is 1.62 bits per heavy atom. The lowest BCUT2D eigenvalue weighted by molar-refractivity contribution is 0.0929. The highest BCUT2D eigenvalue weighted by molar-refractivity contribution is 9.10. The molecule has 1 rings (SSSR count). The van der Waals surface area contributed by atoms with Gasteiger partial charge in [-0.25, -0.2) is 4.98 Å². The molecule has 0 aromatic carbocycles. The third-order valence-electron chi connectivity index (χ3n) is 2.26. The Morgan fingerprint density at radius 2 is 2.38 bits per heavy atom. The Bertz CT molecular complexity index is 358. The predicted octanol–water partition coefficient (Wildman–Crippen LogP) is 3.14. The number of nitrogens with one attached hydrogen (secondary N) is 1. The number of carbonyl (C=O) groups is 1. The summed E-state index contributed by atoms with van der Waals surface area (Å²) in [7, 11) is 0. The van der Waals surface area contributed by atoms with Crippen LogP contribution in [0.1, 0.15) is 30.3 Å². The molecule has 5 heteroatoms. The van der Waals surface area contributed by atoms with E-state index < -0.39 is 0 Å². The van der Waals surface area contributed by atoms with Crippen LogP contribution in [0.15, 0.2) is 22.8 Å². The van der Waals surface area contributed by atoms with Crippen LogP contribution >= 0.6 is 31.9 Å². The lowest BCUT2D eigenvalue weighted by atomic mass is 10.1. The number of halogens is 2. The average Bonchev–Trinajstić information content (AvgIpc) is 2.28. The quantitative estimate of drug-likeness (QED) is 0.830. The summed E-state index contributed by atoms with van der Waals surface area (Å²) in [5.74, 6) is -0.125. The van der Waals surface area contributed by atoms with E-state index in [1.165, 1.54) is 0 Å². The first-order valence-corrected chi connectivity index (χ1v) is 7.07. The van der Waals surface area contributed by atoms with Crippen molar-refractivity contribution >= 4 is 37.8 Å². The van der Waals surface area contributed by atoms with Crippen LogP contribution in [-0.4, -0.2) is 22.3 Å². The van der Waals surface area contributed by atoms with E-state index in [9.17, 15) is 4.79 Å². The molecule has 0 saturated heterocycles. The topological polar surface area (TPSA) is 42.0 Å². The van der Waals surface area contributed by atoms with E-state index in [2.05, 4.69) is 49.1 Å². The number of hydrogen-bond donors (Lipinski definition) is 1. The van der Waals surface area contributed by atoms with Gasteiger partial charge in [-0.3, -0.25) is 4.79 Å². The molecule has 3 nitrogen and oxygen atoms in total. The van der Waals surface area contributed by atoms with Crippen molar-refractivity contribution in [2.24, 2.45) is 0 Å². The number of alkyl halides is 1. The van der Waals surface area contributed by atoms with Gasteiger partial charge in [0.15, 0.2) is 0 Å². The van der Waals surface area contributed by atoms with Crippen molar-refractivity contribution in [2.45, 2.75) is 25.8 Å². The molecule has 0 aliphatic heterocycles. The molecule has 1 unspecified atom stereocenters. The Morgan fingerprint density at radius 3 is 2.94 bits per heavy atom. The number of carbonyl (C=O) groups excluding carboxylic acids is 1. The summed E-state index contributed by atoms with van der Waals surface area (Å²) in [6.45, 7) is 2.06. The molecule has 0 aliphatic carbocycles. The van der Waals surface area contributed by atoms with Crippen molar-refractivity contribution in [3.8, 4) is 0 Å². The summed E-state index contributed by atoms with van der Waals surface area (Å²) in [6.07, 6.45) is 3.46. The van der Waals surface area contributed by atoms with Gasteiger partial charge in [-0.2, -0.15) is 0 Å². The third-order valence-corrected chi connectivity index (χ3v) is 3.36. The molecule has 16 heavy (non-hydrogen) atoms. The van der Waals surface area contributed by atoms with Gasteiger partial charge < -0.3 is 5.32 Å². The van der Waals surface area contributed by atoms with Gasteiger partial charge in [0.1, 0.15) is 5.69 Å². The molecule has 0 aliphatic rings. The Hall–Kier alpha value is -0.420. The van der Waals surface area contributed by atoms with Crippen molar-refractivity contribution in [1.29, 1.82) is 0 Å². The van der Waals surface area contributed by atoms with E-state index >= 15 is 0 Å². The minimum absolute atomic E-state index is 0.125. The van der Waals surface area contributed by atoms with E-state index in [0.29, 0.717) is 5.69 Å². The lowest BCUT2D eigenvalue weighted by Gasteiger charge is -2.15. The fraction of sp³-hybridized carbons (Fsp3) is 0.455. The van der Waals surface area contributed by atoms with Crippen molar-refractivity contribution in [1.82, 2.24) is 10.3 Å². The minimum atomic E-state index is -0.125. The maximum atomic E-state index is 11.9. The van der Waals surface area contributed by atoms with Crippen LogP contribution in [0.3, 0.4) is 0 Å². The zero-order valence-corrected chi connectivity index (χ0v) is 12.2. The van der Waals surface area contributed by atoms with Crippen LogP contribution in [0.5, 0.6) is 0 Å². The van der Waals surface area contributed by atoms with Crippen LogP contribution in [0.25, 0.3) is 0 Å². The molecule has 1 atom stereocenters. The lowest BCUT2D eigenvalue weighted by Crippen LogP contribution is -2.35. The smallest absolute Gasteiger partial charge is 0.271 e. The second kappa shape index (κ2) is 7.01. The predicted molar refractivity (Wildman–Crippen MR) is 71.9 cm³/mol. The first-order chi connectivity index (χ1) is 7.69. The summed E-state index contributed by atoms with van der Waals surface area (Å²) in [5.41, 5.74) is 0.440. The molecule has 0 bridgehead atoms. The normalized spacial score (nSPS) is 12.2. The average molecular weight is 350 g/mol. The SMILES string of the molecule is CCC(CCBr)NC(=O)c1ncccc1Br. The van der Waals surface area contributed by atoms with E-state index in [0.717, 1.165) is 22.6 Å². The van der Waals surface area contributed by atoms with Crippen LogP contribution in [0.4, 0.5) is 0 Å². The van der Waals surface area contributed by atoms with Crippen LogP contribution in [-0.2, 0) is 0 Å².